The van der Waals surface area contributed by atoms with Gasteiger partial charge in [0.1, 0.15) is 5.67 Å². The molecule has 4 rings (SSSR count). The van der Waals surface area contributed by atoms with Gasteiger partial charge in [0.05, 0.1) is 30.2 Å². The predicted octanol–water partition coefficient (Wildman–Crippen LogP) is 2.92. The molecular weight excluding hydrogens is 409 g/mol. The van der Waals surface area contributed by atoms with Crippen molar-refractivity contribution in [2.24, 2.45) is 11.8 Å². The molecule has 10 heteroatoms. The van der Waals surface area contributed by atoms with Gasteiger partial charge in [-0.2, -0.15) is 0 Å². The van der Waals surface area contributed by atoms with Gasteiger partial charge < -0.3 is 10.4 Å². The van der Waals surface area contributed by atoms with Crippen LogP contribution in [0.15, 0.2) is 17.9 Å². The van der Waals surface area contributed by atoms with Gasteiger partial charge in [-0.05, 0) is 44.9 Å². The molecule has 2 atom stereocenters. The number of nitrogens with one attached hydrogen (secondary N) is 1. The minimum atomic E-state index is -1.54. The maximum Gasteiger partial charge on any atom is 0.306 e. The lowest BCUT2D eigenvalue weighted by Gasteiger charge is -2.26. The highest BCUT2D eigenvalue weighted by molar-refractivity contribution is 7.09. The Hall–Kier alpha value is -2.36. The molecule has 0 aliphatic heterocycles. The SMILES string of the molecule is O=C(NCc1cncs1)C1CCC(c2cn(C[C@@]3(F)CC[C@@H](C(=O)O)C3)nn2)CC1. The van der Waals surface area contributed by atoms with Crippen LogP contribution in [0.2, 0.25) is 0 Å². The van der Waals surface area contributed by atoms with Gasteiger partial charge in [-0.1, -0.05) is 5.21 Å². The van der Waals surface area contributed by atoms with E-state index in [9.17, 15) is 14.0 Å². The van der Waals surface area contributed by atoms with Crippen LogP contribution in [0, 0.1) is 11.8 Å². The summed E-state index contributed by atoms with van der Waals surface area (Å²) in [6.45, 7) is 0.560. The number of hydrogen-bond donors (Lipinski definition) is 2. The van der Waals surface area contributed by atoms with Crippen LogP contribution in [0.4, 0.5) is 4.39 Å². The van der Waals surface area contributed by atoms with Gasteiger partial charge in [0.15, 0.2) is 0 Å². The molecule has 2 heterocycles. The van der Waals surface area contributed by atoms with E-state index in [4.69, 9.17) is 5.11 Å². The first-order valence-electron chi connectivity index (χ1n) is 10.4. The van der Waals surface area contributed by atoms with Gasteiger partial charge in [-0.15, -0.1) is 16.4 Å². The Bertz CT molecular complexity index is 881. The van der Waals surface area contributed by atoms with Crippen LogP contribution in [0.3, 0.4) is 0 Å². The first kappa shape index (κ1) is 20.9. The topological polar surface area (TPSA) is 110 Å². The van der Waals surface area contributed by atoms with Crippen LogP contribution in [-0.4, -0.2) is 42.6 Å². The molecule has 2 aliphatic rings. The summed E-state index contributed by atoms with van der Waals surface area (Å²) < 4.78 is 16.5. The van der Waals surface area contributed by atoms with Crippen molar-refractivity contribution in [2.75, 3.05) is 0 Å². The second-order valence-corrected chi connectivity index (χ2v) is 9.47. The minimum Gasteiger partial charge on any atom is -0.481 e. The molecule has 30 heavy (non-hydrogen) atoms. The van der Waals surface area contributed by atoms with Gasteiger partial charge in [0.25, 0.3) is 0 Å². The molecule has 8 nitrogen and oxygen atoms in total. The molecule has 2 fully saturated rings. The van der Waals surface area contributed by atoms with E-state index < -0.39 is 17.6 Å². The molecule has 0 saturated heterocycles. The lowest BCUT2D eigenvalue weighted by Crippen LogP contribution is -2.32. The molecule has 0 aromatic carbocycles. The van der Waals surface area contributed by atoms with Crippen molar-refractivity contribution in [2.45, 2.75) is 69.6 Å². The highest BCUT2D eigenvalue weighted by Crippen LogP contribution is 2.39. The third-order valence-corrected chi connectivity index (χ3v) is 7.12. The Balaban J connectivity index is 1.26. The smallest absolute Gasteiger partial charge is 0.306 e. The number of carbonyl (C=O) groups is 2. The van der Waals surface area contributed by atoms with E-state index >= 15 is 0 Å². The maximum atomic E-state index is 15.0. The lowest BCUT2D eigenvalue weighted by atomic mass is 9.80. The number of carboxylic acids is 1. The quantitative estimate of drug-likeness (QED) is 0.692. The molecular formula is C20H26FN5O3S. The van der Waals surface area contributed by atoms with E-state index in [0.29, 0.717) is 13.0 Å². The number of aliphatic carboxylic acids is 1. The van der Waals surface area contributed by atoms with Crippen LogP contribution in [-0.2, 0) is 22.7 Å². The van der Waals surface area contributed by atoms with E-state index in [1.54, 1.807) is 17.9 Å². The van der Waals surface area contributed by atoms with Crippen molar-refractivity contribution in [3.8, 4) is 0 Å². The van der Waals surface area contributed by atoms with Gasteiger partial charge in [-0.3, -0.25) is 14.6 Å². The Labute approximate surface area is 177 Å². The van der Waals surface area contributed by atoms with Crippen LogP contribution in [0.1, 0.15) is 61.4 Å². The van der Waals surface area contributed by atoms with Crippen LogP contribution >= 0.6 is 11.3 Å². The molecule has 1 amide bonds. The summed E-state index contributed by atoms with van der Waals surface area (Å²) in [6.07, 6.45) is 7.45. The van der Waals surface area contributed by atoms with Crippen molar-refractivity contribution in [1.29, 1.82) is 0 Å². The fourth-order valence-corrected chi connectivity index (χ4v) is 5.13. The number of alkyl halides is 1. The highest BCUT2D eigenvalue weighted by atomic mass is 32.1. The zero-order valence-corrected chi connectivity index (χ0v) is 17.5. The first-order valence-corrected chi connectivity index (χ1v) is 11.3. The third-order valence-electron chi connectivity index (χ3n) is 6.34. The molecule has 2 aromatic rings. The zero-order valence-electron chi connectivity index (χ0n) is 16.7. The van der Waals surface area contributed by atoms with E-state index in [-0.39, 0.29) is 37.1 Å². The Kier molecular flexibility index (Phi) is 6.12. The Morgan fingerprint density at radius 2 is 2.07 bits per heavy atom. The number of rotatable bonds is 7. The lowest BCUT2D eigenvalue weighted by molar-refractivity contribution is -0.141. The van der Waals surface area contributed by atoms with Crippen molar-refractivity contribution < 1.29 is 19.1 Å². The molecule has 2 N–H and O–H groups in total. The van der Waals surface area contributed by atoms with Gasteiger partial charge in [0.2, 0.25) is 5.91 Å². The largest absolute Gasteiger partial charge is 0.481 e. The zero-order chi connectivity index (χ0) is 21.1. The second-order valence-electron chi connectivity index (χ2n) is 8.50. The average Bonchev–Trinajstić information content (AvgIpc) is 3.48. The molecule has 0 bridgehead atoms. The molecule has 0 unspecified atom stereocenters. The number of nitrogens with zero attached hydrogens (tertiary/aromatic N) is 4. The Morgan fingerprint density at radius 3 is 2.73 bits per heavy atom. The van der Waals surface area contributed by atoms with Crippen molar-refractivity contribution in [3.05, 3.63) is 28.5 Å². The number of halogens is 1. The number of hydrogen-bond acceptors (Lipinski definition) is 6. The number of carboxylic acid groups (broad SMARTS) is 1. The Morgan fingerprint density at radius 1 is 1.27 bits per heavy atom. The fourth-order valence-electron chi connectivity index (χ4n) is 4.60. The number of amides is 1. The number of aromatic nitrogens is 4. The summed E-state index contributed by atoms with van der Waals surface area (Å²) in [5.41, 5.74) is 1.04. The first-order chi connectivity index (χ1) is 14.4. The van der Waals surface area contributed by atoms with Gasteiger partial charge in [-0.25, -0.2) is 9.07 Å². The summed E-state index contributed by atoms with van der Waals surface area (Å²) in [4.78, 5) is 28.5. The summed E-state index contributed by atoms with van der Waals surface area (Å²) >= 11 is 1.52. The minimum absolute atomic E-state index is 0.00442. The summed E-state index contributed by atoms with van der Waals surface area (Å²) in [6, 6.07) is 0. The molecule has 2 aromatic heterocycles. The summed E-state index contributed by atoms with van der Waals surface area (Å²) in [7, 11) is 0. The summed E-state index contributed by atoms with van der Waals surface area (Å²) in [5, 5.41) is 20.4. The van der Waals surface area contributed by atoms with E-state index in [2.05, 4.69) is 20.6 Å². The predicted molar refractivity (Wildman–Crippen MR) is 107 cm³/mol. The van der Waals surface area contributed by atoms with E-state index in [1.165, 1.54) is 16.0 Å². The van der Waals surface area contributed by atoms with Crippen molar-refractivity contribution >= 4 is 23.2 Å². The highest BCUT2D eigenvalue weighted by Gasteiger charge is 2.43. The molecule has 162 valence electrons. The van der Waals surface area contributed by atoms with E-state index in [1.807, 2.05) is 0 Å². The number of thiazole rings is 1. The third kappa shape index (κ3) is 4.85. The molecule has 0 spiro atoms. The monoisotopic (exact) mass is 435 g/mol. The maximum absolute atomic E-state index is 15.0. The average molecular weight is 436 g/mol. The normalized spacial score (nSPS) is 29.0. The standard InChI is InChI=1S/C20H26FN5O3S/c21-20(6-5-15(7-20)19(28)29)11-26-10-17(24-25-26)13-1-3-14(4-2-13)18(27)23-9-16-8-22-12-30-16/h8,10,12-15H,1-7,9,11H2,(H,23,27)(H,28,29)/t13?,14?,15-,20-/m1/s1. The van der Waals surface area contributed by atoms with Crippen LogP contribution in [0.5, 0.6) is 0 Å². The van der Waals surface area contributed by atoms with Gasteiger partial charge in [0, 0.05) is 29.1 Å². The molecule has 0 radical (unpaired) electrons. The van der Waals surface area contributed by atoms with Crippen molar-refractivity contribution in [3.63, 3.8) is 0 Å². The fraction of sp³-hybridized carbons (Fsp3) is 0.650. The number of carbonyl (C=O) groups excluding carboxylic acids is 1. The van der Waals surface area contributed by atoms with E-state index in [0.717, 1.165) is 36.3 Å². The molecule has 2 aliphatic carbocycles. The summed E-state index contributed by atoms with van der Waals surface area (Å²) in [5.74, 6) is -1.24. The van der Waals surface area contributed by atoms with Crippen LogP contribution in [0.25, 0.3) is 0 Å². The van der Waals surface area contributed by atoms with Gasteiger partial charge >= 0.3 is 5.97 Å². The van der Waals surface area contributed by atoms with Crippen molar-refractivity contribution in [1.82, 2.24) is 25.3 Å². The second kappa shape index (κ2) is 8.79. The van der Waals surface area contributed by atoms with Crippen LogP contribution < -0.4 is 5.32 Å². The molecule has 2 saturated carbocycles.